The van der Waals surface area contributed by atoms with Gasteiger partial charge in [0.2, 0.25) is 5.95 Å². The maximum atomic E-state index is 13.8. The summed E-state index contributed by atoms with van der Waals surface area (Å²) in [7, 11) is 1.86. The fraction of sp³-hybridized carbons (Fsp3) is 0.250. The van der Waals surface area contributed by atoms with Crippen molar-refractivity contribution >= 4 is 17.9 Å². The van der Waals surface area contributed by atoms with Crippen molar-refractivity contribution in [1.82, 2.24) is 19.4 Å². The molecule has 0 unspecified atom stereocenters. The highest BCUT2D eigenvalue weighted by molar-refractivity contribution is 5.82. The summed E-state index contributed by atoms with van der Waals surface area (Å²) < 4.78 is 48.7. The van der Waals surface area contributed by atoms with E-state index < -0.39 is 11.7 Å². The van der Waals surface area contributed by atoms with Gasteiger partial charge in [-0.05, 0) is 42.3 Å². The zero-order valence-electron chi connectivity index (χ0n) is 26.1. The van der Waals surface area contributed by atoms with Gasteiger partial charge in [-0.3, -0.25) is 0 Å². The number of hydrogen-bond acceptors (Lipinski definition) is 6. The second-order valence-electron chi connectivity index (χ2n) is 11.5. The van der Waals surface area contributed by atoms with Gasteiger partial charge in [0.05, 0.1) is 17.0 Å². The number of anilines is 2. The van der Waals surface area contributed by atoms with Gasteiger partial charge in [-0.15, -0.1) is 0 Å². The molecule has 8 nitrogen and oxygen atoms in total. The van der Waals surface area contributed by atoms with Gasteiger partial charge >= 0.3 is 12.3 Å². The predicted molar refractivity (Wildman–Crippen MR) is 176 cm³/mol. The number of hydrogen-bond donors (Lipinski definition) is 1. The van der Waals surface area contributed by atoms with Crippen LogP contribution in [-0.4, -0.2) is 51.7 Å². The molecular formula is C36H35F3N6O2. The molecule has 1 saturated heterocycles. The number of nitrogens with one attached hydrogen (secondary N) is 1. The van der Waals surface area contributed by atoms with Gasteiger partial charge in [-0.1, -0.05) is 72.8 Å². The first-order valence-corrected chi connectivity index (χ1v) is 15.4. The number of amides is 1. The zero-order valence-corrected chi connectivity index (χ0v) is 26.1. The molecule has 0 saturated carbocycles. The lowest BCUT2D eigenvalue weighted by Crippen LogP contribution is -2.49. The molecule has 0 aliphatic carbocycles. The second kappa shape index (κ2) is 13.6. The Bertz CT molecular complexity index is 1820. The second-order valence-corrected chi connectivity index (χ2v) is 11.5. The molecule has 0 bridgehead atoms. The number of ether oxygens (including phenoxy) is 1. The van der Waals surface area contributed by atoms with Crippen LogP contribution in [0.3, 0.4) is 0 Å². The number of pyridine rings is 1. The van der Waals surface area contributed by atoms with E-state index in [1.807, 2.05) is 96.2 Å². The number of alkyl halides is 3. The van der Waals surface area contributed by atoms with Crippen molar-refractivity contribution in [3.8, 4) is 22.5 Å². The van der Waals surface area contributed by atoms with Gasteiger partial charge in [0.25, 0.3) is 0 Å². The van der Waals surface area contributed by atoms with Crippen LogP contribution in [0.15, 0.2) is 103 Å². The number of piperazine rings is 1. The fourth-order valence-corrected chi connectivity index (χ4v) is 5.75. The molecular weight excluding hydrogens is 605 g/mol. The molecule has 5 aromatic rings. The Labute approximate surface area is 271 Å². The Kier molecular flexibility index (Phi) is 9.15. The van der Waals surface area contributed by atoms with Crippen LogP contribution < -0.4 is 10.2 Å². The lowest BCUT2D eigenvalue weighted by molar-refractivity contribution is -0.137. The predicted octanol–water partition coefficient (Wildman–Crippen LogP) is 7.80. The Morgan fingerprint density at radius 1 is 0.894 bits per heavy atom. The van der Waals surface area contributed by atoms with Crippen molar-refractivity contribution in [1.29, 1.82) is 0 Å². The fourth-order valence-electron chi connectivity index (χ4n) is 5.75. The van der Waals surface area contributed by atoms with E-state index in [9.17, 15) is 18.0 Å². The van der Waals surface area contributed by atoms with Crippen LogP contribution in [0.5, 0.6) is 0 Å². The summed E-state index contributed by atoms with van der Waals surface area (Å²) in [6, 6.07) is 28.4. The van der Waals surface area contributed by atoms with E-state index in [4.69, 9.17) is 9.72 Å². The van der Waals surface area contributed by atoms with Gasteiger partial charge in [0, 0.05) is 56.6 Å². The van der Waals surface area contributed by atoms with Gasteiger partial charge in [0.15, 0.2) is 0 Å². The summed E-state index contributed by atoms with van der Waals surface area (Å²) in [4.78, 5) is 25.9. The average Bonchev–Trinajstić information content (AvgIpc) is 3.44. The van der Waals surface area contributed by atoms with Crippen LogP contribution in [0.25, 0.3) is 22.5 Å². The average molecular weight is 641 g/mol. The van der Waals surface area contributed by atoms with Crippen molar-refractivity contribution in [3.63, 3.8) is 0 Å². The number of carbonyl (C=O) groups is 1. The van der Waals surface area contributed by atoms with Crippen molar-refractivity contribution < 1.29 is 22.7 Å². The van der Waals surface area contributed by atoms with Gasteiger partial charge in [-0.25, -0.2) is 14.8 Å². The summed E-state index contributed by atoms with van der Waals surface area (Å²) in [6.45, 7) is 4.01. The first-order chi connectivity index (χ1) is 22.7. The summed E-state index contributed by atoms with van der Waals surface area (Å²) in [5.74, 6) is 1.22. The third-order valence-electron chi connectivity index (χ3n) is 8.26. The third kappa shape index (κ3) is 7.24. The summed E-state index contributed by atoms with van der Waals surface area (Å²) >= 11 is 0. The van der Waals surface area contributed by atoms with E-state index in [1.54, 1.807) is 17.2 Å². The number of rotatable bonds is 8. The Hall–Kier alpha value is -5.32. The molecule has 1 aliphatic rings. The van der Waals surface area contributed by atoms with E-state index in [0.717, 1.165) is 28.8 Å². The van der Waals surface area contributed by atoms with Crippen LogP contribution >= 0.6 is 0 Å². The van der Waals surface area contributed by atoms with Crippen molar-refractivity contribution in [2.75, 3.05) is 36.4 Å². The van der Waals surface area contributed by atoms with E-state index >= 15 is 0 Å². The molecule has 3 aromatic carbocycles. The third-order valence-corrected chi connectivity index (χ3v) is 8.26. The number of benzene rings is 3. The SMILES string of the molecule is C[C@H](Nc1cc(-c2c(-c3cccc(C(F)(F)F)c3)nc(N3CCN(C(=O)OCc4ccccc4)CC3)n2C)ccn1)c1ccccc1. The molecule has 1 aliphatic heterocycles. The van der Waals surface area contributed by atoms with Gasteiger partial charge in [0.1, 0.15) is 12.4 Å². The van der Waals surface area contributed by atoms with Crippen LogP contribution in [0.4, 0.5) is 29.7 Å². The van der Waals surface area contributed by atoms with E-state index in [2.05, 4.69) is 10.3 Å². The topological polar surface area (TPSA) is 75.5 Å². The Balaban J connectivity index is 1.28. The molecule has 6 rings (SSSR count). The first-order valence-electron chi connectivity index (χ1n) is 15.4. The molecule has 1 N–H and O–H groups in total. The quantitative estimate of drug-likeness (QED) is 0.187. The molecule has 1 fully saturated rings. The van der Waals surface area contributed by atoms with Crippen LogP contribution in [-0.2, 0) is 24.6 Å². The number of imidazole rings is 1. The van der Waals surface area contributed by atoms with Crippen molar-refractivity contribution in [2.24, 2.45) is 7.05 Å². The molecule has 0 radical (unpaired) electrons. The van der Waals surface area contributed by atoms with Gasteiger partial charge in [-0.2, -0.15) is 13.2 Å². The molecule has 242 valence electrons. The van der Waals surface area contributed by atoms with E-state index in [0.29, 0.717) is 54.9 Å². The van der Waals surface area contributed by atoms with Crippen LogP contribution in [0.2, 0.25) is 0 Å². The maximum absolute atomic E-state index is 13.8. The number of carbonyl (C=O) groups excluding carboxylic acids is 1. The standard InChI is InChI=1S/C36H35F3N6O2/c1-25(27-12-7-4-8-13-27)41-31-23-29(16-17-40-31)33-32(28-14-9-15-30(22-28)36(37,38)39)42-34(43(33)2)44-18-20-45(21-19-44)35(46)47-24-26-10-5-3-6-11-26/h3-17,22-23,25H,18-21,24H2,1-2H3,(H,40,41)/t25-/m0/s1. The van der Waals surface area contributed by atoms with Gasteiger partial charge < -0.3 is 24.4 Å². The zero-order chi connectivity index (χ0) is 33.0. The molecule has 2 aromatic heterocycles. The monoisotopic (exact) mass is 640 g/mol. The summed E-state index contributed by atoms with van der Waals surface area (Å²) in [6.07, 6.45) is -3.21. The Morgan fingerprint density at radius 2 is 1.60 bits per heavy atom. The highest BCUT2D eigenvalue weighted by Gasteiger charge is 2.32. The lowest BCUT2D eigenvalue weighted by atomic mass is 10.0. The molecule has 0 spiro atoms. The first kappa shape index (κ1) is 31.7. The summed E-state index contributed by atoms with van der Waals surface area (Å²) in [5, 5.41) is 3.43. The van der Waals surface area contributed by atoms with E-state index in [-0.39, 0.29) is 18.7 Å². The highest BCUT2D eigenvalue weighted by atomic mass is 19.4. The molecule has 1 atom stereocenters. The molecule has 47 heavy (non-hydrogen) atoms. The molecule has 3 heterocycles. The smallest absolute Gasteiger partial charge is 0.416 e. The molecule has 1 amide bonds. The van der Waals surface area contributed by atoms with Crippen molar-refractivity contribution in [2.45, 2.75) is 25.7 Å². The maximum Gasteiger partial charge on any atom is 0.416 e. The minimum absolute atomic E-state index is 0.0281. The van der Waals surface area contributed by atoms with Crippen molar-refractivity contribution in [3.05, 3.63) is 120 Å². The van der Waals surface area contributed by atoms with Crippen LogP contribution in [0.1, 0.15) is 29.7 Å². The summed E-state index contributed by atoms with van der Waals surface area (Å²) in [5.41, 5.74) is 3.43. The number of halogens is 3. The number of nitrogens with zero attached hydrogens (tertiary/aromatic N) is 5. The minimum atomic E-state index is -4.50. The normalized spacial score (nSPS) is 14.1. The Morgan fingerprint density at radius 3 is 2.30 bits per heavy atom. The minimum Gasteiger partial charge on any atom is -0.445 e. The largest absolute Gasteiger partial charge is 0.445 e. The lowest BCUT2D eigenvalue weighted by Gasteiger charge is -2.34. The van der Waals surface area contributed by atoms with E-state index in [1.165, 1.54) is 6.07 Å². The van der Waals surface area contributed by atoms with Crippen LogP contribution in [0, 0.1) is 0 Å². The molecule has 11 heteroatoms. The number of aromatic nitrogens is 3. The highest BCUT2D eigenvalue weighted by Crippen LogP contribution is 2.38.